The second-order valence-corrected chi connectivity index (χ2v) is 6.59. The van der Waals surface area contributed by atoms with E-state index < -0.39 is 0 Å². The third-order valence-corrected chi connectivity index (χ3v) is 3.99. The number of amides is 1. The summed E-state index contributed by atoms with van der Waals surface area (Å²) in [6.45, 7) is 5.30. The molecular formula is C20H20ClN5O. The summed E-state index contributed by atoms with van der Waals surface area (Å²) >= 11 is 6.09. The number of nitrogens with one attached hydrogen (secondary N) is 3. The van der Waals surface area contributed by atoms with Crippen molar-refractivity contribution in [2.24, 2.45) is 0 Å². The van der Waals surface area contributed by atoms with Crippen molar-refractivity contribution in [3.05, 3.63) is 64.9 Å². The first-order valence-electron chi connectivity index (χ1n) is 8.42. The van der Waals surface area contributed by atoms with E-state index in [-0.39, 0.29) is 5.91 Å². The fourth-order valence-corrected chi connectivity index (χ4v) is 2.76. The molecule has 0 aliphatic heterocycles. The van der Waals surface area contributed by atoms with Gasteiger partial charge in [-0.05, 0) is 49.7 Å². The summed E-state index contributed by atoms with van der Waals surface area (Å²) in [5.74, 6) is 1.81. The maximum atomic E-state index is 11.2. The fourth-order valence-electron chi connectivity index (χ4n) is 2.59. The third-order valence-electron chi connectivity index (χ3n) is 3.76. The number of halogens is 1. The van der Waals surface area contributed by atoms with Crippen molar-refractivity contribution in [3.8, 4) is 0 Å². The molecule has 7 heteroatoms. The molecule has 0 saturated carbocycles. The molecule has 1 amide bonds. The predicted octanol–water partition coefficient (Wildman–Crippen LogP) is 5.19. The van der Waals surface area contributed by atoms with Gasteiger partial charge in [-0.1, -0.05) is 23.7 Å². The Labute approximate surface area is 163 Å². The molecule has 3 N–H and O–H groups in total. The lowest BCUT2D eigenvalue weighted by Gasteiger charge is -2.13. The standard InChI is InChI=1S/C20H20ClN5O/c1-12-7-8-15(21)9-18(12)26-20-11-19(22-13(2)23-20)25-17-6-4-5-16(10-17)24-14(3)27/h4-11H,1-3H3,(H,24,27)(H2,22,23,25,26). The molecule has 0 spiro atoms. The van der Waals surface area contributed by atoms with E-state index in [1.54, 1.807) is 0 Å². The van der Waals surface area contributed by atoms with Crippen LogP contribution in [-0.2, 0) is 4.79 Å². The molecule has 1 heterocycles. The van der Waals surface area contributed by atoms with E-state index in [9.17, 15) is 4.79 Å². The Morgan fingerprint density at radius 2 is 1.63 bits per heavy atom. The van der Waals surface area contributed by atoms with E-state index in [1.807, 2.05) is 62.4 Å². The van der Waals surface area contributed by atoms with E-state index in [0.717, 1.165) is 16.9 Å². The van der Waals surface area contributed by atoms with Gasteiger partial charge in [0.05, 0.1) is 0 Å². The predicted molar refractivity (Wildman–Crippen MR) is 110 cm³/mol. The number of hydrogen-bond donors (Lipinski definition) is 3. The SMILES string of the molecule is CC(=O)Nc1cccc(Nc2cc(Nc3cc(Cl)ccc3C)nc(C)n2)c1. The van der Waals surface area contributed by atoms with Crippen LogP contribution in [0.3, 0.4) is 0 Å². The molecule has 6 nitrogen and oxygen atoms in total. The van der Waals surface area contributed by atoms with Crippen molar-refractivity contribution >= 4 is 46.2 Å². The van der Waals surface area contributed by atoms with Gasteiger partial charge in [0, 0.05) is 35.1 Å². The monoisotopic (exact) mass is 381 g/mol. The molecule has 3 aromatic rings. The Kier molecular flexibility index (Phi) is 5.57. The highest BCUT2D eigenvalue weighted by Crippen LogP contribution is 2.25. The Bertz CT molecular complexity index is 990. The van der Waals surface area contributed by atoms with Crippen LogP contribution in [0.5, 0.6) is 0 Å². The van der Waals surface area contributed by atoms with Crippen molar-refractivity contribution in [1.29, 1.82) is 0 Å². The van der Waals surface area contributed by atoms with Crippen LogP contribution in [0.1, 0.15) is 18.3 Å². The molecule has 1 aromatic heterocycles. The topological polar surface area (TPSA) is 78.9 Å². The molecule has 138 valence electrons. The quantitative estimate of drug-likeness (QED) is 0.566. The van der Waals surface area contributed by atoms with Crippen LogP contribution in [0.25, 0.3) is 0 Å². The van der Waals surface area contributed by atoms with Crippen LogP contribution in [-0.4, -0.2) is 15.9 Å². The summed E-state index contributed by atoms with van der Waals surface area (Å²) in [7, 11) is 0. The first-order valence-corrected chi connectivity index (χ1v) is 8.80. The summed E-state index contributed by atoms with van der Waals surface area (Å²) in [4.78, 5) is 20.1. The normalized spacial score (nSPS) is 10.4. The number of nitrogens with zero attached hydrogens (tertiary/aromatic N) is 2. The molecule has 0 saturated heterocycles. The van der Waals surface area contributed by atoms with Gasteiger partial charge in [0.1, 0.15) is 17.5 Å². The van der Waals surface area contributed by atoms with E-state index in [2.05, 4.69) is 25.9 Å². The summed E-state index contributed by atoms with van der Waals surface area (Å²) in [6.07, 6.45) is 0. The first-order chi connectivity index (χ1) is 12.9. The average molecular weight is 382 g/mol. The molecule has 3 rings (SSSR count). The van der Waals surface area contributed by atoms with Crippen molar-refractivity contribution in [2.75, 3.05) is 16.0 Å². The van der Waals surface area contributed by atoms with Crippen LogP contribution >= 0.6 is 11.6 Å². The number of aromatic nitrogens is 2. The number of anilines is 5. The lowest BCUT2D eigenvalue weighted by molar-refractivity contribution is -0.114. The van der Waals surface area contributed by atoms with E-state index in [0.29, 0.717) is 28.2 Å². The molecule has 0 aliphatic carbocycles. The maximum Gasteiger partial charge on any atom is 0.221 e. The van der Waals surface area contributed by atoms with Crippen LogP contribution in [0.15, 0.2) is 48.5 Å². The lowest BCUT2D eigenvalue weighted by Crippen LogP contribution is -2.06. The summed E-state index contributed by atoms with van der Waals surface area (Å²) < 4.78 is 0. The highest BCUT2D eigenvalue weighted by molar-refractivity contribution is 6.30. The van der Waals surface area contributed by atoms with Crippen LogP contribution in [0, 0.1) is 13.8 Å². The highest BCUT2D eigenvalue weighted by atomic mass is 35.5. The van der Waals surface area contributed by atoms with Gasteiger partial charge in [0.15, 0.2) is 0 Å². The molecule has 0 unspecified atom stereocenters. The number of rotatable bonds is 5. The molecule has 0 atom stereocenters. The Hall–Kier alpha value is -3.12. The number of aryl methyl sites for hydroxylation is 2. The van der Waals surface area contributed by atoms with Gasteiger partial charge >= 0.3 is 0 Å². The molecule has 27 heavy (non-hydrogen) atoms. The van der Waals surface area contributed by atoms with Crippen molar-refractivity contribution in [1.82, 2.24) is 9.97 Å². The largest absolute Gasteiger partial charge is 0.340 e. The fraction of sp³-hybridized carbons (Fsp3) is 0.150. The molecule has 0 aliphatic rings. The Morgan fingerprint density at radius 1 is 0.926 bits per heavy atom. The van der Waals surface area contributed by atoms with Gasteiger partial charge in [-0.25, -0.2) is 9.97 Å². The van der Waals surface area contributed by atoms with E-state index in [1.165, 1.54) is 6.92 Å². The van der Waals surface area contributed by atoms with Crippen molar-refractivity contribution < 1.29 is 4.79 Å². The summed E-state index contributed by atoms with van der Waals surface area (Å²) in [5.41, 5.74) is 3.47. The highest BCUT2D eigenvalue weighted by Gasteiger charge is 2.06. The molecule has 0 bridgehead atoms. The number of carbonyl (C=O) groups excluding carboxylic acids is 1. The van der Waals surface area contributed by atoms with Crippen molar-refractivity contribution in [3.63, 3.8) is 0 Å². The number of hydrogen-bond acceptors (Lipinski definition) is 5. The second kappa shape index (κ2) is 8.05. The molecule has 2 aromatic carbocycles. The number of benzene rings is 2. The van der Waals surface area contributed by atoms with Gasteiger partial charge in [-0.2, -0.15) is 0 Å². The first kappa shape index (κ1) is 18.7. The Morgan fingerprint density at radius 3 is 2.37 bits per heavy atom. The average Bonchev–Trinajstić information content (AvgIpc) is 2.57. The minimum atomic E-state index is -0.117. The van der Waals surface area contributed by atoms with Gasteiger partial charge in [0.25, 0.3) is 0 Å². The van der Waals surface area contributed by atoms with E-state index >= 15 is 0 Å². The minimum Gasteiger partial charge on any atom is -0.340 e. The van der Waals surface area contributed by atoms with Gasteiger partial charge in [-0.15, -0.1) is 0 Å². The molecule has 0 radical (unpaired) electrons. The lowest BCUT2D eigenvalue weighted by atomic mass is 10.2. The van der Waals surface area contributed by atoms with Crippen LogP contribution in [0.2, 0.25) is 5.02 Å². The van der Waals surface area contributed by atoms with Crippen LogP contribution in [0.4, 0.5) is 28.7 Å². The zero-order chi connectivity index (χ0) is 19.4. The van der Waals surface area contributed by atoms with Gasteiger partial charge in [-0.3, -0.25) is 4.79 Å². The summed E-state index contributed by atoms with van der Waals surface area (Å²) in [5, 5.41) is 9.94. The molecule has 0 fully saturated rings. The Balaban J connectivity index is 1.83. The second-order valence-electron chi connectivity index (χ2n) is 6.16. The smallest absolute Gasteiger partial charge is 0.221 e. The van der Waals surface area contributed by atoms with Crippen LogP contribution < -0.4 is 16.0 Å². The molecular weight excluding hydrogens is 362 g/mol. The third kappa shape index (κ3) is 5.18. The van der Waals surface area contributed by atoms with Gasteiger partial charge in [0.2, 0.25) is 5.91 Å². The number of carbonyl (C=O) groups is 1. The minimum absolute atomic E-state index is 0.117. The van der Waals surface area contributed by atoms with Gasteiger partial charge < -0.3 is 16.0 Å². The zero-order valence-electron chi connectivity index (χ0n) is 15.3. The van der Waals surface area contributed by atoms with Crippen molar-refractivity contribution in [2.45, 2.75) is 20.8 Å². The summed E-state index contributed by atoms with van der Waals surface area (Å²) in [6, 6.07) is 14.9. The maximum absolute atomic E-state index is 11.2. The van der Waals surface area contributed by atoms with E-state index in [4.69, 9.17) is 11.6 Å². The zero-order valence-corrected chi connectivity index (χ0v) is 16.1.